The van der Waals surface area contributed by atoms with Crippen LogP contribution in [0.2, 0.25) is 0 Å². The van der Waals surface area contributed by atoms with Gasteiger partial charge in [-0.15, -0.1) is 0 Å². The van der Waals surface area contributed by atoms with Crippen molar-refractivity contribution < 1.29 is 72.1 Å². The summed E-state index contributed by atoms with van der Waals surface area (Å²) in [6, 6.07) is 0. The Kier molecular flexibility index (Phi) is 9.96. The Morgan fingerprint density at radius 3 is 1.76 bits per heavy atom. The Balaban J connectivity index is 5.29. The Bertz CT molecular complexity index is 681. The zero-order chi connectivity index (χ0) is 26.6. The van der Waals surface area contributed by atoms with E-state index < -0.39 is 79.3 Å². The van der Waals surface area contributed by atoms with Crippen LogP contribution >= 0.6 is 0 Å². The fourth-order valence-electron chi connectivity index (χ4n) is 2.47. The van der Waals surface area contributed by atoms with Crippen molar-refractivity contribution in [2.45, 2.75) is 75.6 Å². The number of rotatable bonds is 14. The van der Waals surface area contributed by atoms with Crippen molar-refractivity contribution in [1.82, 2.24) is 0 Å². The van der Waals surface area contributed by atoms with Crippen LogP contribution in [0.1, 0.15) is 39.5 Å². The quantitative estimate of drug-likeness (QED) is 0.178. The molecule has 196 valence electrons. The predicted molar refractivity (Wildman–Crippen MR) is 86.1 cm³/mol. The minimum absolute atomic E-state index is 0.0182. The van der Waals surface area contributed by atoms with Crippen molar-refractivity contribution in [2.24, 2.45) is 11.8 Å². The molecule has 0 saturated carbocycles. The highest BCUT2D eigenvalue weighted by Crippen LogP contribution is 2.58. The van der Waals surface area contributed by atoms with Crippen LogP contribution in [0.5, 0.6) is 0 Å². The number of hydrogen-bond donors (Lipinski definition) is 1. The van der Waals surface area contributed by atoms with E-state index in [1.807, 2.05) is 0 Å². The molecule has 4 nitrogen and oxygen atoms in total. The van der Waals surface area contributed by atoms with Crippen molar-refractivity contribution in [3.8, 4) is 0 Å². The van der Waals surface area contributed by atoms with Crippen LogP contribution < -0.4 is 0 Å². The van der Waals surface area contributed by atoms with Gasteiger partial charge in [0.2, 0.25) is 0 Å². The van der Waals surface area contributed by atoms with Gasteiger partial charge in [0.1, 0.15) is 0 Å². The average molecular weight is 516 g/mol. The summed E-state index contributed by atoms with van der Waals surface area (Å²) < 4.78 is 161. The van der Waals surface area contributed by atoms with Gasteiger partial charge in [-0.2, -0.15) is 43.9 Å². The van der Waals surface area contributed by atoms with Crippen LogP contribution in [0.15, 0.2) is 0 Å². The van der Waals surface area contributed by atoms with Crippen LogP contribution in [-0.4, -0.2) is 59.7 Å². The van der Waals surface area contributed by atoms with Gasteiger partial charge in [0, 0.05) is 6.42 Å². The molecule has 0 radical (unpaired) electrons. The van der Waals surface area contributed by atoms with Gasteiger partial charge in [0.15, 0.2) is 0 Å². The maximum atomic E-state index is 13.6. The van der Waals surface area contributed by atoms with Crippen molar-refractivity contribution in [1.29, 1.82) is 0 Å². The summed E-state index contributed by atoms with van der Waals surface area (Å²) in [6.07, 6.45) is -9.52. The van der Waals surface area contributed by atoms with E-state index in [4.69, 9.17) is 5.11 Å². The highest BCUT2D eigenvalue weighted by Gasteiger charge is 2.87. The highest BCUT2D eigenvalue weighted by molar-refractivity contribution is 5.74. The summed E-state index contributed by atoms with van der Waals surface area (Å²) in [5.41, 5.74) is 0. The monoisotopic (exact) mass is 516 g/mol. The second-order valence-electron chi connectivity index (χ2n) is 7.20. The molecular formula is C17H20F12O4. The molecule has 0 bridgehead atoms. The van der Waals surface area contributed by atoms with Crippen LogP contribution in [0.25, 0.3) is 0 Å². The van der Waals surface area contributed by atoms with E-state index in [2.05, 4.69) is 4.74 Å². The number of hydrogen-bond acceptors (Lipinski definition) is 3. The first kappa shape index (κ1) is 31.1. The fraction of sp³-hybridized carbons (Fsp3) is 0.882. The summed E-state index contributed by atoms with van der Waals surface area (Å²) >= 11 is 0. The normalized spacial score (nSPS) is 16.0. The molecule has 1 N–H and O–H groups in total. The molecule has 0 rings (SSSR count). The zero-order valence-electron chi connectivity index (χ0n) is 17.0. The first-order valence-electron chi connectivity index (χ1n) is 9.18. The van der Waals surface area contributed by atoms with Gasteiger partial charge in [-0.3, -0.25) is 9.59 Å². The lowest BCUT2D eigenvalue weighted by molar-refractivity contribution is -0.413. The zero-order valence-corrected chi connectivity index (χ0v) is 17.0. The standard InChI is InChI=1S/C17H20F12O4/c1-3-9(7-8(2)10(30)31)11(32)33-6-4-5-13(20,21)15(24,25)17(28,29)16(26,27)14(22,23)12(18)19/h8-9,12H,3-7H2,1-2H3,(H,30,31). The molecule has 0 aliphatic carbocycles. The lowest BCUT2D eigenvalue weighted by Crippen LogP contribution is -2.68. The molecule has 0 amide bonds. The molecule has 2 unspecified atom stereocenters. The lowest BCUT2D eigenvalue weighted by atomic mass is 9.92. The first-order valence-corrected chi connectivity index (χ1v) is 9.18. The van der Waals surface area contributed by atoms with Gasteiger partial charge in [-0.1, -0.05) is 13.8 Å². The molecular weight excluding hydrogens is 496 g/mol. The third-order valence-corrected chi connectivity index (χ3v) is 4.71. The second kappa shape index (κ2) is 10.6. The molecule has 0 aliphatic heterocycles. The van der Waals surface area contributed by atoms with Crippen LogP contribution in [0.3, 0.4) is 0 Å². The maximum absolute atomic E-state index is 13.6. The van der Waals surface area contributed by atoms with Crippen LogP contribution in [-0.2, 0) is 14.3 Å². The molecule has 33 heavy (non-hydrogen) atoms. The lowest BCUT2D eigenvalue weighted by Gasteiger charge is -2.39. The molecule has 0 heterocycles. The van der Waals surface area contributed by atoms with Crippen LogP contribution in [0.4, 0.5) is 52.7 Å². The van der Waals surface area contributed by atoms with Crippen molar-refractivity contribution in [2.75, 3.05) is 6.61 Å². The summed E-state index contributed by atoms with van der Waals surface area (Å²) in [6.45, 7) is 1.53. The number of carbonyl (C=O) groups excluding carboxylic acids is 1. The Labute approximate surface area is 179 Å². The number of ether oxygens (including phenoxy) is 1. The number of halogens is 12. The van der Waals surface area contributed by atoms with E-state index in [9.17, 15) is 62.3 Å². The molecule has 0 aromatic carbocycles. The second-order valence-corrected chi connectivity index (χ2v) is 7.20. The SMILES string of the molecule is CCC(CC(C)C(=O)O)C(=O)OCCCC(F)(F)C(F)(F)C(F)(F)C(F)(F)C(F)(F)C(F)F. The smallest absolute Gasteiger partial charge is 0.384 e. The average Bonchev–Trinajstić information content (AvgIpc) is 2.67. The Morgan fingerprint density at radius 2 is 1.36 bits per heavy atom. The number of carbonyl (C=O) groups is 2. The van der Waals surface area contributed by atoms with E-state index in [1.54, 1.807) is 0 Å². The van der Waals surface area contributed by atoms with E-state index in [1.165, 1.54) is 13.8 Å². The highest BCUT2D eigenvalue weighted by atomic mass is 19.4. The number of alkyl halides is 12. The third kappa shape index (κ3) is 6.16. The van der Waals surface area contributed by atoms with Crippen molar-refractivity contribution >= 4 is 11.9 Å². The largest absolute Gasteiger partial charge is 0.481 e. The fourth-order valence-corrected chi connectivity index (χ4v) is 2.47. The van der Waals surface area contributed by atoms with E-state index >= 15 is 0 Å². The number of carboxylic acid groups (broad SMARTS) is 1. The van der Waals surface area contributed by atoms with Gasteiger partial charge >= 0.3 is 48.0 Å². The predicted octanol–water partition coefficient (Wildman–Crippen LogP) is 5.89. The van der Waals surface area contributed by atoms with Gasteiger partial charge in [-0.25, -0.2) is 8.78 Å². The molecule has 2 atom stereocenters. The molecule has 0 aliphatic rings. The summed E-state index contributed by atoms with van der Waals surface area (Å²) in [5.74, 6) is -40.0. The minimum Gasteiger partial charge on any atom is -0.481 e. The molecule has 0 aromatic rings. The van der Waals surface area contributed by atoms with Gasteiger partial charge in [-0.05, 0) is 19.3 Å². The van der Waals surface area contributed by atoms with E-state index in [0.29, 0.717) is 0 Å². The topological polar surface area (TPSA) is 63.6 Å². The summed E-state index contributed by atoms with van der Waals surface area (Å²) in [5, 5.41) is 8.78. The minimum atomic E-state index is -7.60. The van der Waals surface area contributed by atoms with E-state index in [-0.39, 0.29) is 12.8 Å². The number of carboxylic acids is 1. The number of esters is 1. The summed E-state index contributed by atoms with van der Waals surface area (Å²) in [7, 11) is 0. The summed E-state index contributed by atoms with van der Waals surface area (Å²) in [4.78, 5) is 22.6. The van der Waals surface area contributed by atoms with Gasteiger partial charge < -0.3 is 9.84 Å². The molecule has 0 fully saturated rings. The third-order valence-electron chi connectivity index (χ3n) is 4.71. The molecule has 0 aromatic heterocycles. The van der Waals surface area contributed by atoms with Crippen molar-refractivity contribution in [3.05, 3.63) is 0 Å². The van der Waals surface area contributed by atoms with Crippen molar-refractivity contribution in [3.63, 3.8) is 0 Å². The van der Waals surface area contributed by atoms with Gasteiger partial charge in [0.25, 0.3) is 0 Å². The first-order chi connectivity index (χ1) is 14.6. The molecule has 16 heteroatoms. The van der Waals surface area contributed by atoms with Crippen LogP contribution in [0, 0.1) is 11.8 Å². The molecule has 0 spiro atoms. The maximum Gasteiger partial charge on any atom is 0.384 e. The van der Waals surface area contributed by atoms with Gasteiger partial charge in [0.05, 0.1) is 18.4 Å². The molecule has 0 saturated heterocycles. The number of aliphatic carboxylic acids is 1. The van der Waals surface area contributed by atoms with E-state index in [0.717, 1.165) is 0 Å². The Hall–Kier alpha value is -1.90. The Morgan fingerprint density at radius 1 is 0.879 bits per heavy atom.